The van der Waals surface area contributed by atoms with Crippen LogP contribution in [0.25, 0.3) is 21.2 Å². The minimum Gasteiger partial charge on any atom is -0.451 e. The summed E-state index contributed by atoms with van der Waals surface area (Å²) >= 11 is 7.63. The molecule has 0 aliphatic carbocycles. The number of fused-ring (bicyclic) bond motifs is 2. The van der Waals surface area contributed by atoms with Gasteiger partial charge in [0.05, 0.1) is 10.2 Å². The molecule has 0 aliphatic rings. The SMILES string of the molecule is Cc1ccc2nc(NC(=O)c3oc4cc(C)c(Cl)cc4c3C)sc2c1. The first-order valence-electron chi connectivity index (χ1n) is 7.80. The summed E-state index contributed by atoms with van der Waals surface area (Å²) in [6, 6.07) is 9.70. The molecule has 0 bridgehead atoms. The van der Waals surface area contributed by atoms with Gasteiger partial charge in [-0.05, 0) is 56.2 Å². The van der Waals surface area contributed by atoms with E-state index in [9.17, 15) is 4.79 Å². The van der Waals surface area contributed by atoms with Crippen molar-refractivity contribution in [2.75, 3.05) is 5.32 Å². The molecule has 25 heavy (non-hydrogen) atoms. The highest BCUT2D eigenvalue weighted by Gasteiger charge is 2.20. The second-order valence-electron chi connectivity index (χ2n) is 6.10. The largest absolute Gasteiger partial charge is 0.451 e. The van der Waals surface area contributed by atoms with Crippen LogP contribution in [-0.4, -0.2) is 10.9 Å². The Morgan fingerprint density at radius 1 is 1.20 bits per heavy atom. The third kappa shape index (κ3) is 2.79. The number of nitrogens with one attached hydrogen (secondary N) is 1. The fourth-order valence-corrected chi connectivity index (χ4v) is 3.92. The van der Waals surface area contributed by atoms with Crippen LogP contribution in [0, 0.1) is 20.8 Å². The van der Waals surface area contributed by atoms with E-state index in [0.717, 1.165) is 32.3 Å². The van der Waals surface area contributed by atoms with Gasteiger partial charge in [-0.25, -0.2) is 4.98 Å². The number of halogens is 1. The number of carbonyl (C=O) groups is 1. The Hall–Kier alpha value is -2.37. The lowest BCUT2D eigenvalue weighted by Gasteiger charge is -1.98. The molecule has 6 heteroatoms. The van der Waals surface area contributed by atoms with Gasteiger partial charge in [0, 0.05) is 16.0 Å². The van der Waals surface area contributed by atoms with Gasteiger partial charge in [0.15, 0.2) is 10.9 Å². The Morgan fingerprint density at radius 3 is 2.80 bits per heavy atom. The van der Waals surface area contributed by atoms with E-state index in [2.05, 4.69) is 16.4 Å². The molecule has 0 aliphatic heterocycles. The third-order valence-electron chi connectivity index (χ3n) is 4.19. The monoisotopic (exact) mass is 370 g/mol. The third-order valence-corrected chi connectivity index (χ3v) is 5.53. The Bertz CT molecular complexity index is 1140. The van der Waals surface area contributed by atoms with Crippen molar-refractivity contribution in [3.63, 3.8) is 0 Å². The fourth-order valence-electron chi connectivity index (χ4n) is 2.80. The van der Waals surface area contributed by atoms with Crippen LogP contribution in [0.1, 0.15) is 27.2 Å². The van der Waals surface area contributed by atoms with Gasteiger partial charge in [0.1, 0.15) is 5.58 Å². The molecule has 0 unspecified atom stereocenters. The first-order chi connectivity index (χ1) is 11.9. The maximum absolute atomic E-state index is 12.6. The number of aryl methyl sites for hydroxylation is 3. The van der Waals surface area contributed by atoms with Gasteiger partial charge in [-0.2, -0.15) is 0 Å². The van der Waals surface area contributed by atoms with E-state index in [1.54, 1.807) is 0 Å². The molecule has 0 radical (unpaired) electrons. The second kappa shape index (κ2) is 5.86. The lowest BCUT2D eigenvalue weighted by atomic mass is 10.1. The maximum atomic E-state index is 12.6. The molecule has 4 rings (SSSR count). The van der Waals surface area contributed by atoms with Gasteiger partial charge >= 0.3 is 0 Å². The van der Waals surface area contributed by atoms with E-state index in [1.165, 1.54) is 11.3 Å². The zero-order valence-corrected chi connectivity index (χ0v) is 15.5. The van der Waals surface area contributed by atoms with Crippen molar-refractivity contribution < 1.29 is 9.21 Å². The van der Waals surface area contributed by atoms with Crippen LogP contribution < -0.4 is 5.32 Å². The van der Waals surface area contributed by atoms with Crippen molar-refractivity contribution in [3.05, 3.63) is 57.8 Å². The number of amides is 1. The average Bonchev–Trinajstić information content (AvgIpc) is 3.09. The van der Waals surface area contributed by atoms with Gasteiger partial charge in [-0.1, -0.05) is 29.0 Å². The smallest absolute Gasteiger partial charge is 0.293 e. The van der Waals surface area contributed by atoms with Gasteiger partial charge in [0.2, 0.25) is 0 Å². The van der Waals surface area contributed by atoms with E-state index in [-0.39, 0.29) is 11.7 Å². The Kier molecular flexibility index (Phi) is 3.78. The Morgan fingerprint density at radius 2 is 2.00 bits per heavy atom. The van der Waals surface area contributed by atoms with Crippen molar-refractivity contribution in [1.29, 1.82) is 0 Å². The normalized spacial score (nSPS) is 11.4. The summed E-state index contributed by atoms with van der Waals surface area (Å²) in [5.74, 6) is -0.0228. The zero-order chi connectivity index (χ0) is 17.7. The standard InChI is InChI=1S/C19H15ClN2O2S/c1-9-4-5-14-16(6-9)25-19(21-14)22-18(23)17-11(3)12-8-13(20)10(2)7-15(12)24-17/h4-8H,1-3H3,(H,21,22,23). The summed E-state index contributed by atoms with van der Waals surface area (Å²) in [4.78, 5) is 17.1. The summed E-state index contributed by atoms with van der Waals surface area (Å²) in [5, 5.41) is 4.90. The van der Waals surface area contributed by atoms with Crippen LogP contribution in [-0.2, 0) is 0 Å². The minimum absolute atomic E-state index is 0.284. The number of thiazole rings is 1. The van der Waals surface area contributed by atoms with Crippen LogP contribution in [0.3, 0.4) is 0 Å². The number of nitrogens with zero attached hydrogens (tertiary/aromatic N) is 1. The summed E-state index contributed by atoms with van der Waals surface area (Å²) in [6.07, 6.45) is 0. The predicted octanol–water partition coefficient (Wildman–Crippen LogP) is 5.87. The summed E-state index contributed by atoms with van der Waals surface area (Å²) in [6.45, 7) is 5.79. The molecule has 4 nitrogen and oxygen atoms in total. The number of hydrogen-bond acceptors (Lipinski definition) is 4. The molecule has 1 amide bonds. The number of anilines is 1. The molecular formula is C19H15ClN2O2S. The lowest BCUT2D eigenvalue weighted by molar-refractivity contribution is 0.0998. The van der Waals surface area contributed by atoms with E-state index < -0.39 is 0 Å². The van der Waals surface area contributed by atoms with Crippen molar-refractivity contribution >= 4 is 55.2 Å². The van der Waals surface area contributed by atoms with Crippen molar-refractivity contribution in [3.8, 4) is 0 Å². The molecule has 2 aromatic carbocycles. The number of aromatic nitrogens is 1. The molecule has 0 saturated heterocycles. The summed E-state index contributed by atoms with van der Waals surface area (Å²) in [5.41, 5.74) is 4.37. The van der Waals surface area contributed by atoms with Crippen LogP contribution >= 0.6 is 22.9 Å². The van der Waals surface area contributed by atoms with Gasteiger partial charge in [0.25, 0.3) is 5.91 Å². The highest BCUT2D eigenvalue weighted by Crippen LogP contribution is 2.32. The first-order valence-corrected chi connectivity index (χ1v) is 8.99. The molecule has 4 aromatic rings. The van der Waals surface area contributed by atoms with Crippen molar-refractivity contribution in [1.82, 2.24) is 4.98 Å². The minimum atomic E-state index is -0.307. The molecule has 2 aromatic heterocycles. The second-order valence-corrected chi connectivity index (χ2v) is 7.54. The van der Waals surface area contributed by atoms with Gasteiger partial charge < -0.3 is 4.42 Å². The van der Waals surface area contributed by atoms with Gasteiger partial charge in [-0.3, -0.25) is 10.1 Å². The number of rotatable bonds is 2. The van der Waals surface area contributed by atoms with Crippen LogP contribution in [0.5, 0.6) is 0 Å². The lowest BCUT2D eigenvalue weighted by Crippen LogP contribution is -2.11. The average molecular weight is 371 g/mol. The quantitative estimate of drug-likeness (QED) is 0.479. The zero-order valence-electron chi connectivity index (χ0n) is 13.9. The summed E-state index contributed by atoms with van der Waals surface area (Å²) < 4.78 is 6.81. The Balaban J connectivity index is 1.70. The summed E-state index contributed by atoms with van der Waals surface area (Å²) in [7, 11) is 0. The fraction of sp³-hybridized carbons (Fsp3) is 0.158. The molecule has 126 valence electrons. The van der Waals surface area contributed by atoms with E-state index in [0.29, 0.717) is 15.7 Å². The molecular weight excluding hydrogens is 356 g/mol. The molecule has 0 atom stereocenters. The Labute approximate surface area is 153 Å². The molecule has 2 heterocycles. The number of furan rings is 1. The molecule has 0 spiro atoms. The van der Waals surface area contributed by atoms with Crippen LogP contribution in [0.4, 0.5) is 5.13 Å². The van der Waals surface area contributed by atoms with E-state index in [4.69, 9.17) is 16.0 Å². The van der Waals surface area contributed by atoms with Crippen LogP contribution in [0.15, 0.2) is 34.7 Å². The number of carbonyl (C=O) groups excluding carboxylic acids is 1. The van der Waals surface area contributed by atoms with Crippen molar-refractivity contribution in [2.45, 2.75) is 20.8 Å². The molecule has 1 N–H and O–H groups in total. The van der Waals surface area contributed by atoms with Gasteiger partial charge in [-0.15, -0.1) is 0 Å². The molecule has 0 fully saturated rings. The van der Waals surface area contributed by atoms with E-state index in [1.807, 2.05) is 45.0 Å². The highest BCUT2D eigenvalue weighted by molar-refractivity contribution is 7.22. The highest BCUT2D eigenvalue weighted by atomic mass is 35.5. The topological polar surface area (TPSA) is 55.1 Å². The number of hydrogen-bond donors (Lipinski definition) is 1. The maximum Gasteiger partial charge on any atom is 0.293 e. The predicted molar refractivity (Wildman–Crippen MR) is 103 cm³/mol. The molecule has 0 saturated carbocycles. The van der Waals surface area contributed by atoms with E-state index >= 15 is 0 Å². The first kappa shape index (κ1) is 16.1. The van der Waals surface area contributed by atoms with Crippen molar-refractivity contribution in [2.24, 2.45) is 0 Å². The van der Waals surface area contributed by atoms with Crippen LogP contribution in [0.2, 0.25) is 5.02 Å². The number of benzene rings is 2.